The minimum atomic E-state index is -2.39. The van der Waals surface area contributed by atoms with E-state index in [2.05, 4.69) is 11.8 Å². The van der Waals surface area contributed by atoms with Gasteiger partial charge in [0.1, 0.15) is 0 Å². The molecule has 0 saturated carbocycles. The topological polar surface area (TPSA) is 30.9 Å². The maximum atomic E-state index is 6.06. The van der Waals surface area contributed by atoms with Gasteiger partial charge in [0, 0.05) is 25.8 Å². The lowest BCUT2D eigenvalue weighted by atomic mass is 10.2. The second kappa shape index (κ2) is 9.88. The Bertz CT molecular complexity index is 215. The van der Waals surface area contributed by atoms with E-state index in [9.17, 15) is 0 Å². The Morgan fingerprint density at radius 2 is 1.42 bits per heavy atom. The molecule has 0 spiro atoms. The SMILES string of the molecule is CCO[Si](CC)(OCC)OCCN1CCCCCC1. The van der Waals surface area contributed by atoms with Gasteiger partial charge >= 0.3 is 8.80 Å². The Hall–Kier alpha value is 0.0569. The molecule has 0 aromatic rings. The monoisotopic (exact) mass is 289 g/mol. The van der Waals surface area contributed by atoms with E-state index in [0.29, 0.717) is 13.2 Å². The molecule has 1 rings (SSSR count). The molecule has 0 bridgehead atoms. The van der Waals surface area contributed by atoms with Crippen molar-refractivity contribution in [3.05, 3.63) is 0 Å². The third-order valence-corrected chi connectivity index (χ3v) is 6.56. The molecule has 0 N–H and O–H groups in total. The van der Waals surface area contributed by atoms with Gasteiger partial charge < -0.3 is 18.2 Å². The van der Waals surface area contributed by atoms with Gasteiger partial charge in [0.15, 0.2) is 0 Å². The molecule has 1 fully saturated rings. The Morgan fingerprint density at radius 3 is 1.89 bits per heavy atom. The van der Waals surface area contributed by atoms with Gasteiger partial charge in [-0.25, -0.2) is 0 Å². The second-order valence-corrected chi connectivity index (χ2v) is 7.95. The van der Waals surface area contributed by atoms with Gasteiger partial charge in [-0.1, -0.05) is 19.8 Å². The average molecular weight is 289 g/mol. The first kappa shape index (κ1) is 17.1. The van der Waals surface area contributed by atoms with Crippen LogP contribution >= 0.6 is 0 Å². The molecule has 1 aliphatic heterocycles. The Labute approximate surface area is 119 Å². The molecule has 114 valence electrons. The number of nitrogens with zero attached hydrogens (tertiary/aromatic N) is 1. The zero-order chi connectivity index (χ0) is 14.0. The molecule has 0 atom stereocenters. The van der Waals surface area contributed by atoms with Crippen molar-refractivity contribution in [1.29, 1.82) is 0 Å². The van der Waals surface area contributed by atoms with Gasteiger partial charge in [0.2, 0.25) is 0 Å². The largest absolute Gasteiger partial charge is 0.500 e. The molecule has 0 aromatic carbocycles. The van der Waals surface area contributed by atoms with E-state index < -0.39 is 8.80 Å². The highest BCUT2D eigenvalue weighted by Crippen LogP contribution is 2.16. The van der Waals surface area contributed by atoms with Crippen LogP contribution in [0, 0.1) is 0 Å². The lowest BCUT2D eigenvalue weighted by molar-refractivity contribution is 0.0598. The van der Waals surface area contributed by atoms with Gasteiger partial charge in [0.25, 0.3) is 0 Å². The molecule has 0 amide bonds. The van der Waals surface area contributed by atoms with Crippen molar-refractivity contribution in [2.45, 2.75) is 52.5 Å². The number of likely N-dealkylation sites (tertiary alicyclic amines) is 1. The third kappa shape index (κ3) is 6.36. The molecule has 1 heterocycles. The summed E-state index contributed by atoms with van der Waals surface area (Å²) in [5, 5.41) is 0. The van der Waals surface area contributed by atoms with Crippen molar-refractivity contribution in [2.75, 3.05) is 39.5 Å². The minimum absolute atomic E-state index is 0.670. The zero-order valence-electron chi connectivity index (χ0n) is 13.0. The summed E-state index contributed by atoms with van der Waals surface area (Å²) in [6.07, 6.45) is 5.41. The third-order valence-electron chi connectivity index (χ3n) is 3.59. The molecule has 0 radical (unpaired) electrons. The van der Waals surface area contributed by atoms with Crippen LogP contribution in [0.2, 0.25) is 6.04 Å². The summed E-state index contributed by atoms with van der Waals surface area (Å²) < 4.78 is 17.7. The number of hydrogen-bond donors (Lipinski definition) is 0. The zero-order valence-corrected chi connectivity index (χ0v) is 14.0. The maximum absolute atomic E-state index is 6.06. The summed E-state index contributed by atoms with van der Waals surface area (Å²) in [5.74, 6) is 0. The summed E-state index contributed by atoms with van der Waals surface area (Å²) in [5.41, 5.74) is 0. The predicted octanol–water partition coefficient (Wildman–Crippen LogP) is 2.91. The highest BCUT2D eigenvalue weighted by atomic mass is 28.4. The number of hydrogen-bond acceptors (Lipinski definition) is 4. The van der Waals surface area contributed by atoms with Crippen molar-refractivity contribution >= 4 is 8.80 Å². The van der Waals surface area contributed by atoms with Crippen molar-refractivity contribution in [2.24, 2.45) is 0 Å². The van der Waals surface area contributed by atoms with Crippen LogP contribution < -0.4 is 0 Å². The smallest absolute Gasteiger partial charge is 0.374 e. The van der Waals surface area contributed by atoms with Gasteiger partial charge in [-0.2, -0.15) is 0 Å². The average Bonchev–Trinajstić information content (AvgIpc) is 2.68. The fourth-order valence-electron chi connectivity index (χ4n) is 2.56. The normalized spacial score (nSPS) is 18.5. The van der Waals surface area contributed by atoms with Crippen molar-refractivity contribution < 1.29 is 13.3 Å². The van der Waals surface area contributed by atoms with E-state index in [1.54, 1.807) is 0 Å². The Morgan fingerprint density at radius 1 is 0.842 bits per heavy atom. The van der Waals surface area contributed by atoms with Crippen molar-refractivity contribution in [3.8, 4) is 0 Å². The van der Waals surface area contributed by atoms with Crippen molar-refractivity contribution in [1.82, 2.24) is 4.90 Å². The molecule has 5 heteroatoms. The van der Waals surface area contributed by atoms with Crippen LogP contribution in [0.5, 0.6) is 0 Å². The van der Waals surface area contributed by atoms with Crippen LogP contribution in [0.25, 0.3) is 0 Å². The van der Waals surface area contributed by atoms with E-state index in [4.69, 9.17) is 13.3 Å². The molecule has 0 unspecified atom stereocenters. The van der Waals surface area contributed by atoms with Gasteiger partial charge in [-0.15, -0.1) is 0 Å². The lowest BCUT2D eigenvalue weighted by Crippen LogP contribution is -2.46. The minimum Gasteiger partial charge on any atom is -0.374 e. The van der Waals surface area contributed by atoms with Crippen LogP contribution in [0.1, 0.15) is 46.5 Å². The molecule has 1 saturated heterocycles. The van der Waals surface area contributed by atoms with Gasteiger partial charge in [0.05, 0.1) is 6.61 Å². The maximum Gasteiger partial charge on any atom is 0.500 e. The highest BCUT2D eigenvalue weighted by Gasteiger charge is 2.38. The molecule has 1 aliphatic rings. The Balaban J connectivity index is 2.33. The number of rotatable bonds is 9. The molecular weight excluding hydrogens is 258 g/mol. The quantitative estimate of drug-likeness (QED) is 0.611. The molecule has 4 nitrogen and oxygen atoms in total. The summed E-state index contributed by atoms with van der Waals surface area (Å²) in [4.78, 5) is 2.51. The predicted molar refractivity (Wildman–Crippen MR) is 80.3 cm³/mol. The second-order valence-electron chi connectivity index (χ2n) is 5.01. The van der Waals surface area contributed by atoms with Gasteiger partial charge in [-0.3, -0.25) is 0 Å². The van der Waals surface area contributed by atoms with Crippen LogP contribution in [0.4, 0.5) is 0 Å². The van der Waals surface area contributed by atoms with Crippen molar-refractivity contribution in [3.63, 3.8) is 0 Å². The summed E-state index contributed by atoms with van der Waals surface area (Å²) >= 11 is 0. The van der Waals surface area contributed by atoms with Crippen LogP contribution in [0.15, 0.2) is 0 Å². The van der Waals surface area contributed by atoms with Crippen LogP contribution in [0.3, 0.4) is 0 Å². The van der Waals surface area contributed by atoms with E-state index in [-0.39, 0.29) is 0 Å². The summed E-state index contributed by atoms with van der Waals surface area (Å²) in [6, 6.07) is 0.856. The first-order valence-corrected chi connectivity index (χ1v) is 9.83. The Kier molecular flexibility index (Phi) is 8.90. The first-order valence-electron chi connectivity index (χ1n) is 7.90. The molecule has 19 heavy (non-hydrogen) atoms. The van der Waals surface area contributed by atoms with Crippen LogP contribution in [-0.4, -0.2) is 53.2 Å². The first-order chi connectivity index (χ1) is 9.26. The fourth-order valence-corrected chi connectivity index (χ4v) is 4.71. The van der Waals surface area contributed by atoms with E-state index in [1.807, 2.05) is 13.8 Å². The molecular formula is C14H31NO3Si. The molecule has 0 aromatic heterocycles. The standard InChI is InChI=1S/C14H31NO3Si/c1-4-16-19(6-3,17-5-2)18-14-13-15-11-9-7-8-10-12-15/h4-14H2,1-3H3. The summed E-state index contributed by atoms with van der Waals surface area (Å²) in [7, 11) is -2.39. The van der Waals surface area contributed by atoms with Crippen LogP contribution in [-0.2, 0) is 13.3 Å². The molecule has 0 aliphatic carbocycles. The fraction of sp³-hybridized carbons (Fsp3) is 1.00. The highest BCUT2D eigenvalue weighted by molar-refractivity contribution is 6.60. The van der Waals surface area contributed by atoms with E-state index in [0.717, 1.165) is 19.2 Å². The lowest BCUT2D eigenvalue weighted by Gasteiger charge is -2.29. The van der Waals surface area contributed by atoms with Gasteiger partial charge in [-0.05, 0) is 39.8 Å². The summed E-state index contributed by atoms with van der Waals surface area (Å²) in [6.45, 7) is 11.6. The van der Waals surface area contributed by atoms with E-state index >= 15 is 0 Å². The van der Waals surface area contributed by atoms with E-state index in [1.165, 1.54) is 38.8 Å².